The lowest BCUT2D eigenvalue weighted by molar-refractivity contribution is -0.118. The fourth-order valence-electron chi connectivity index (χ4n) is 1.81. The fourth-order valence-corrected chi connectivity index (χ4v) is 2.08. The number of nitrogens with one attached hydrogen (secondary N) is 1. The lowest BCUT2D eigenvalue weighted by Crippen LogP contribution is -2.32. The Balaban J connectivity index is 2.81. The molecule has 1 atom stereocenters. The van der Waals surface area contributed by atoms with Crippen LogP contribution in [0.15, 0.2) is 24.3 Å². The number of hydrogen-bond donors (Lipinski definition) is 2. The fraction of sp³-hybridized carbons (Fsp3) is 0.429. The molecule has 104 valence electrons. The molecule has 1 aromatic carbocycles. The zero-order valence-corrected chi connectivity index (χ0v) is 12.1. The summed E-state index contributed by atoms with van der Waals surface area (Å²) in [5.74, 6) is -0.578. The van der Waals surface area contributed by atoms with Gasteiger partial charge in [-0.3, -0.25) is 4.79 Å². The predicted molar refractivity (Wildman–Crippen MR) is 81.2 cm³/mol. The van der Waals surface area contributed by atoms with Gasteiger partial charge in [0.1, 0.15) is 0 Å². The lowest BCUT2D eigenvalue weighted by Gasteiger charge is -2.15. The van der Waals surface area contributed by atoms with Crippen molar-refractivity contribution >= 4 is 28.8 Å². The minimum atomic E-state index is -0.425. The van der Waals surface area contributed by atoms with E-state index in [4.69, 9.17) is 22.7 Å². The maximum absolute atomic E-state index is 12.1. The van der Waals surface area contributed by atoms with Crippen molar-refractivity contribution in [3.05, 3.63) is 29.8 Å². The highest BCUT2D eigenvalue weighted by molar-refractivity contribution is 7.80. The average molecular weight is 280 g/mol. The molecule has 4 nitrogen and oxygen atoms in total. The van der Waals surface area contributed by atoms with E-state index in [2.05, 4.69) is 5.32 Å². The molecule has 3 N–H and O–H groups in total. The smallest absolute Gasteiger partial charge is 0.234 e. The van der Waals surface area contributed by atoms with Gasteiger partial charge in [-0.05, 0) is 24.5 Å². The van der Waals surface area contributed by atoms with Gasteiger partial charge in [0.25, 0.3) is 0 Å². The third-order valence-corrected chi connectivity index (χ3v) is 3.20. The highest BCUT2D eigenvalue weighted by Crippen LogP contribution is 2.17. The minimum Gasteiger partial charge on any atom is -0.393 e. The van der Waals surface area contributed by atoms with Gasteiger partial charge in [-0.25, -0.2) is 0 Å². The van der Waals surface area contributed by atoms with Crippen molar-refractivity contribution in [2.45, 2.75) is 19.8 Å². The van der Waals surface area contributed by atoms with Crippen LogP contribution in [0.5, 0.6) is 0 Å². The van der Waals surface area contributed by atoms with Crippen LogP contribution in [-0.2, 0) is 16.0 Å². The van der Waals surface area contributed by atoms with Crippen molar-refractivity contribution in [3.63, 3.8) is 0 Å². The molecule has 0 aromatic heterocycles. The molecule has 0 aliphatic heterocycles. The first kappa shape index (κ1) is 15.6. The molecule has 0 aliphatic rings. The molecule has 1 rings (SSSR count). The standard InChI is InChI=1S/C14H20N2O2S/c1-3-11(13(15)19)14(17)16-12-7-5-4-6-10(12)8-9-18-2/h4-7,11H,3,8-9H2,1-2H3,(H2,15,19)(H,16,17). The van der Waals surface area contributed by atoms with Crippen LogP contribution in [0.1, 0.15) is 18.9 Å². The summed E-state index contributed by atoms with van der Waals surface area (Å²) in [6, 6.07) is 7.66. The van der Waals surface area contributed by atoms with Gasteiger partial charge in [0.2, 0.25) is 5.91 Å². The summed E-state index contributed by atoms with van der Waals surface area (Å²) in [6.07, 6.45) is 1.35. The molecule has 0 heterocycles. The number of nitrogens with two attached hydrogens (primary N) is 1. The van der Waals surface area contributed by atoms with Crippen LogP contribution in [0, 0.1) is 5.92 Å². The molecule has 0 bridgehead atoms. The third-order valence-electron chi connectivity index (χ3n) is 2.92. The second kappa shape index (κ2) is 7.86. The molecule has 1 unspecified atom stereocenters. The van der Waals surface area contributed by atoms with E-state index in [1.807, 2.05) is 31.2 Å². The Hall–Kier alpha value is -1.46. The first-order chi connectivity index (χ1) is 9.10. The summed E-state index contributed by atoms with van der Waals surface area (Å²) in [5.41, 5.74) is 7.40. The molecule has 0 fully saturated rings. The second-order valence-electron chi connectivity index (χ2n) is 4.25. The molecule has 1 aromatic rings. The molecular formula is C14H20N2O2S. The molecule has 0 radical (unpaired) electrons. The Bertz CT molecular complexity index is 449. The van der Waals surface area contributed by atoms with Crippen LogP contribution < -0.4 is 11.1 Å². The van der Waals surface area contributed by atoms with Crippen LogP contribution >= 0.6 is 12.2 Å². The largest absolute Gasteiger partial charge is 0.393 e. The van der Waals surface area contributed by atoms with Crippen molar-refractivity contribution in [1.29, 1.82) is 0 Å². The van der Waals surface area contributed by atoms with E-state index in [0.717, 1.165) is 17.7 Å². The topological polar surface area (TPSA) is 64.3 Å². The van der Waals surface area contributed by atoms with E-state index in [1.165, 1.54) is 0 Å². The van der Waals surface area contributed by atoms with Crippen molar-refractivity contribution in [3.8, 4) is 0 Å². The van der Waals surface area contributed by atoms with Gasteiger partial charge in [0, 0.05) is 12.8 Å². The Morgan fingerprint density at radius 2 is 2.16 bits per heavy atom. The van der Waals surface area contributed by atoms with Crippen molar-refractivity contribution < 1.29 is 9.53 Å². The van der Waals surface area contributed by atoms with E-state index in [-0.39, 0.29) is 10.9 Å². The summed E-state index contributed by atoms with van der Waals surface area (Å²) < 4.78 is 5.06. The second-order valence-corrected chi connectivity index (χ2v) is 4.72. The number of hydrogen-bond acceptors (Lipinski definition) is 3. The third kappa shape index (κ3) is 4.61. The normalized spacial score (nSPS) is 11.9. The van der Waals surface area contributed by atoms with Gasteiger partial charge in [0.15, 0.2) is 0 Å². The molecule has 19 heavy (non-hydrogen) atoms. The summed E-state index contributed by atoms with van der Waals surface area (Å²) in [4.78, 5) is 12.3. The Morgan fingerprint density at radius 3 is 2.74 bits per heavy atom. The van der Waals surface area contributed by atoms with E-state index >= 15 is 0 Å². The van der Waals surface area contributed by atoms with Gasteiger partial charge in [-0.1, -0.05) is 37.3 Å². The van der Waals surface area contributed by atoms with Crippen LogP contribution in [0.4, 0.5) is 5.69 Å². The highest BCUT2D eigenvalue weighted by atomic mass is 32.1. The summed E-state index contributed by atoms with van der Waals surface area (Å²) >= 11 is 4.91. The summed E-state index contributed by atoms with van der Waals surface area (Å²) in [6.45, 7) is 2.50. The first-order valence-corrected chi connectivity index (χ1v) is 6.68. The minimum absolute atomic E-state index is 0.153. The number of thiocarbonyl (C=S) groups is 1. The number of carbonyl (C=O) groups is 1. The number of carbonyl (C=O) groups excluding carboxylic acids is 1. The summed E-state index contributed by atoms with van der Waals surface area (Å²) in [5, 5.41) is 2.89. The maximum atomic E-state index is 12.1. The van der Waals surface area contributed by atoms with E-state index in [0.29, 0.717) is 13.0 Å². The first-order valence-electron chi connectivity index (χ1n) is 6.27. The predicted octanol–water partition coefficient (Wildman–Crippen LogP) is 2.13. The van der Waals surface area contributed by atoms with Crippen LogP contribution in [0.2, 0.25) is 0 Å². The van der Waals surface area contributed by atoms with E-state index in [1.54, 1.807) is 7.11 Å². The molecule has 0 aliphatic carbocycles. The zero-order valence-electron chi connectivity index (χ0n) is 11.3. The molecule has 5 heteroatoms. The number of ether oxygens (including phenoxy) is 1. The van der Waals surface area contributed by atoms with Crippen LogP contribution in [0.25, 0.3) is 0 Å². The highest BCUT2D eigenvalue weighted by Gasteiger charge is 2.19. The molecule has 0 saturated heterocycles. The quantitative estimate of drug-likeness (QED) is 0.751. The number of rotatable bonds is 7. The van der Waals surface area contributed by atoms with E-state index < -0.39 is 5.92 Å². The lowest BCUT2D eigenvalue weighted by atomic mass is 10.0. The van der Waals surface area contributed by atoms with Crippen molar-refractivity contribution in [2.75, 3.05) is 19.0 Å². The molecule has 0 saturated carbocycles. The molecule has 1 amide bonds. The average Bonchev–Trinajstić information content (AvgIpc) is 2.38. The van der Waals surface area contributed by atoms with Crippen LogP contribution in [-0.4, -0.2) is 24.6 Å². The Morgan fingerprint density at radius 1 is 1.47 bits per heavy atom. The number of para-hydroxylation sites is 1. The SMILES string of the molecule is CCC(C(=O)Nc1ccccc1CCOC)C(N)=S. The van der Waals surface area contributed by atoms with Gasteiger partial charge in [-0.15, -0.1) is 0 Å². The van der Waals surface area contributed by atoms with Gasteiger partial charge in [0.05, 0.1) is 17.5 Å². The monoisotopic (exact) mass is 280 g/mol. The Labute approximate surface area is 119 Å². The van der Waals surface area contributed by atoms with Gasteiger partial charge in [-0.2, -0.15) is 0 Å². The van der Waals surface area contributed by atoms with E-state index in [9.17, 15) is 4.79 Å². The maximum Gasteiger partial charge on any atom is 0.234 e. The molecular weight excluding hydrogens is 260 g/mol. The molecule has 0 spiro atoms. The summed E-state index contributed by atoms with van der Waals surface area (Å²) in [7, 11) is 1.65. The van der Waals surface area contributed by atoms with Gasteiger partial charge < -0.3 is 15.8 Å². The number of benzene rings is 1. The Kier molecular flexibility index (Phi) is 6.45. The van der Waals surface area contributed by atoms with Crippen LogP contribution in [0.3, 0.4) is 0 Å². The zero-order chi connectivity index (χ0) is 14.3. The van der Waals surface area contributed by atoms with Crippen molar-refractivity contribution in [2.24, 2.45) is 11.7 Å². The van der Waals surface area contributed by atoms with Gasteiger partial charge >= 0.3 is 0 Å². The number of methoxy groups -OCH3 is 1. The van der Waals surface area contributed by atoms with Crippen molar-refractivity contribution in [1.82, 2.24) is 0 Å². The number of amides is 1. The number of anilines is 1.